The fourth-order valence-corrected chi connectivity index (χ4v) is 5.36. The first-order chi connectivity index (χ1) is 12.3. The van der Waals surface area contributed by atoms with Crippen LogP contribution in [0.25, 0.3) is 0 Å². The number of aryl methyl sites for hydroxylation is 1. The molecular formula is C15H15Cl2N3O4S2. The van der Waals surface area contributed by atoms with Crippen molar-refractivity contribution >= 4 is 50.5 Å². The van der Waals surface area contributed by atoms with Crippen LogP contribution in [0.5, 0.6) is 0 Å². The average Bonchev–Trinajstić information content (AvgIpc) is 3.00. The van der Waals surface area contributed by atoms with Crippen LogP contribution in [-0.2, 0) is 21.8 Å². The normalized spacial score (nSPS) is 16.8. The smallest absolute Gasteiger partial charge is 0.281 e. The van der Waals surface area contributed by atoms with Crippen molar-refractivity contribution in [1.82, 2.24) is 8.87 Å². The summed E-state index contributed by atoms with van der Waals surface area (Å²) in [6, 6.07) is 2.45. The second-order valence-corrected chi connectivity index (χ2v) is 9.09. The fraction of sp³-hybridized carbons (Fsp3) is 0.333. The largest absolute Gasteiger partial charge is 0.379 e. The summed E-state index contributed by atoms with van der Waals surface area (Å²) in [5.74, 6) is -0.636. The van der Waals surface area contributed by atoms with E-state index in [1.165, 1.54) is 27.8 Å². The van der Waals surface area contributed by atoms with Gasteiger partial charge in [0.2, 0.25) is 10.0 Å². The topological polar surface area (TPSA) is 81.0 Å². The van der Waals surface area contributed by atoms with E-state index in [2.05, 4.69) is 4.99 Å². The SMILES string of the molecule is Cn1ccsc1=NC(=O)c1cc(S(=O)(=O)N2CCOCC2)c(Cl)cc1Cl. The van der Waals surface area contributed by atoms with Gasteiger partial charge in [-0.2, -0.15) is 9.30 Å². The highest BCUT2D eigenvalue weighted by atomic mass is 35.5. The summed E-state index contributed by atoms with van der Waals surface area (Å²) in [5, 5.41) is 1.78. The van der Waals surface area contributed by atoms with Crippen LogP contribution in [0.2, 0.25) is 10.0 Å². The highest BCUT2D eigenvalue weighted by molar-refractivity contribution is 7.89. The summed E-state index contributed by atoms with van der Waals surface area (Å²) in [6.07, 6.45) is 1.76. The van der Waals surface area contributed by atoms with E-state index >= 15 is 0 Å². The fourth-order valence-electron chi connectivity index (χ4n) is 2.40. The molecule has 3 rings (SSSR count). The van der Waals surface area contributed by atoms with E-state index in [1.54, 1.807) is 23.2 Å². The number of morpholine rings is 1. The van der Waals surface area contributed by atoms with Gasteiger partial charge in [-0.25, -0.2) is 8.42 Å². The number of aromatic nitrogens is 1. The molecule has 7 nitrogen and oxygen atoms in total. The second kappa shape index (κ2) is 7.79. The number of rotatable bonds is 3. The van der Waals surface area contributed by atoms with E-state index < -0.39 is 15.9 Å². The Labute approximate surface area is 164 Å². The number of thiazole rings is 1. The Morgan fingerprint density at radius 1 is 1.23 bits per heavy atom. The number of halogens is 2. The quantitative estimate of drug-likeness (QED) is 0.739. The number of benzene rings is 1. The van der Waals surface area contributed by atoms with Crippen molar-refractivity contribution in [2.45, 2.75) is 4.90 Å². The molecule has 1 aliphatic rings. The molecule has 0 atom stereocenters. The van der Waals surface area contributed by atoms with Gasteiger partial charge in [-0.15, -0.1) is 11.3 Å². The summed E-state index contributed by atoms with van der Waals surface area (Å²) >= 11 is 13.5. The van der Waals surface area contributed by atoms with Gasteiger partial charge in [0.15, 0.2) is 4.80 Å². The van der Waals surface area contributed by atoms with E-state index in [0.717, 1.165) is 0 Å². The molecule has 0 N–H and O–H groups in total. The van der Waals surface area contributed by atoms with E-state index in [0.29, 0.717) is 18.0 Å². The molecule has 0 radical (unpaired) electrons. The molecule has 2 aromatic rings. The third-order valence-electron chi connectivity index (χ3n) is 3.80. The van der Waals surface area contributed by atoms with Crippen molar-refractivity contribution in [3.63, 3.8) is 0 Å². The lowest BCUT2D eigenvalue weighted by Gasteiger charge is -2.26. The summed E-state index contributed by atoms with van der Waals surface area (Å²) in [7, 11) is -2.12. The van der Waals surface area contributed by atoms with Gasteiger partial charge in [0.25, 0.3) is 5.91 Å². The predicted octanol–water partition coefficient (Wildman–Crippen LogP) is 2.16. The Kier molecular flexibility index (Phi) is 5.85. The summed E-state index contributed by atoms with van der Waals surface area (Å²) < 4.78 is 33.9. The van der Waals surface area contributed by atoms with Crippen molar-refractivity contribution < 1.29 is 17.9 Å². The zero-order valence-corrected chi connectivity index (χ0v) is 16.8. The molecule has 1 aromatic carbocycles. The van der Waals surface area contributed by atoms with E-state index in [4.69, 9.17) is 27.9 Å². The Morgan fingerprint density at radius 3 is 2.54 bits per heavy atom. The molecule has 1 fully saturated rings. The summed E-state index contributed by atoms with van der Waals surface area (Å²) in [4.78, 5) is 16.8. The number of nitrogens with zero attached hydrogens (tertiary/aromatic N) is 3. The van der Waals surface area contributed by atoms with Crippen LogP contribution in [-0.4, -0.2) is 49.5 Å². The average molecular weight is 436 g/mol. The van der Waals surface area contributed by atoms with E-state index in [1.807, 2.05) is 0 Å². The van der Waals surface area contributed by atoms with Crippen molar-refractivity contribution in [3.05, 3.63) is 44.1 Å². The summed E-state index contributed by atoms with van der Waals surface area (Å²) in [5.41, 5.74) is -0.0173. The highest BCUT2D eigenvalue weighted by Crippen LogP contribution is 2.31. The maximum Gasteiger partial charge on any atom is 0.281 e. The van der Waals surface area contributed by atoms with Crippen LogP contribution in [0.4, 0.5) is 0 Å². The van der Waals surface area contributed by atoms with Crippen molar-refractivity contribution in [2.75, 3.05) is 26.3 Å². The molecule has 1 aliphatic heterocycles. The van der Waals surface area contributed by atoms with Crippen molar-refractivity contribution in [2.24, 2.45) is 12.0 Å². The molecule has 0 aliphatic carbocycles. The van der Waals surface area contributed by atoms with Gasteiger partial charge in [0, 0.05) is 31.7 Å². The van der Waals surface area contributed by atoms with Crippen LogP contribution >= 0.6 is 34.5 Å². The molecular weight excluding hydrogens is 421 g/mol. The Morgan fingerprint density at radius 2 is 1.92 bits per heavy atom. The van der Waals surface area contributed by atoms with Crippen molar-refractivity contribution in [3.8, 4) is 0 Å². The van der Waals surface area contributed by atoms with Gasteiger partial charge in [0.1, 0.15) is 4.90 Å². The van der Waals surface area contributed by atoms with Gasteiger partial charge in [-0.05, 0) is 12.1 Å². The molecule has 140 valence electrons. The van der Waals surface area contributed by atoms with Crippen LogP contribution < -0.4 is 4.80 Å². The molecule has 0 spiro atoms. The molecule has 11 heteroatoms. The molecule has 26 heavy (non-hydrogen) atoms. The third kappa shape index (κ3) is 3.88. The highest BCUT2D eigenvalue weighted by Gasteiger charge is 2.30. The Bertz CT molecular complexity index is 1010. The van der Waals surface area contributed by atoms with Gasteiger partial charge >= 0.3 is 0 Å². The standard InChI is InChI=1S/C15H15Cl2N3O4S2/c1-19-4-7-25-15(19)18-14(21)10-8-13(12(17)9-11(10)16)26(22,23)20-2-5-24-6-3-20/h4,7-9H,2-3,5-6H2,1H3. The lowest BCUT2D eigenvalue weighted by Crippen LogP contribution is -2.40. The molecule has 1 aromatic heterocycles. The number of ether oxygens (including phenoxy) is 1. The first kappa shape index (κ1) is 19.5. The monoisotopic (exact) mass is 435 g/mol. The van der Waals surface area contributed by atoms with Crippen LogP contribution in [0.15, 0.2) is 33.6 Å². The first-order valence-electron chi connectivity index (χ1n) is 7.57. The number of sulfonamides is 1. The predicted molar refractivity (Wildman–Crippen MR) is 99.2 cm³/mol. The van der Waals surface area contributed by atoms with Crippen LogP contribution in [0.3, 0.4) is 0 Å². The molecule has 0 saturated carbocycles. The number of hydrogen-bond donors (Lipinski definition) is 0. The Balaban J connectivity index is 2.05. The number of carbonyl (C=O) groups excluding carboxylic acids is 1. The van der Waals surface area contributed by atoms with Crippen LogP contribution in [0.1, 0.15) is 10.4 Å². The molecule has 0 bridgehead atoms. The molecule has 2 heterocycles. The molecule has 1 saturated heterocycles. The first-order valence-corrected chi connectivity index (χ1v) is 10.6. The third-order valence-corrected chi connectivity index (χ3v) is 7.32. The minimum atomic E-state index is -3.87. The minimum Gasteiger partial charge on any atom is -0.379 e. The second-order valence-electron chi connectivity index (χ2n) is 5.49. The lowest BCUT2D eigenvalue weighted by atomic mass is 10.2. The van der Waals surface area contributed by atoms with Crippen LogP contribution in [0, 0.1) is 0 Å². The van der Waals surface area contributed by atoms with Gasteiger partial charge < -0.3 is 9.30 Å². The lowest BCUT2D eigenvalue weighted by molar-refractivity contribution is 0.0730. The van der Waals surface area contributed by atoms with Crippen molar-refractivity contribution in [1.29, 1.82) is 0 Å². The molecule has 1 amide bonds. The zero-order valence-electron chi connectivity index (χ0n) is 13.7. The van der Waals surface area contributed by atoms with Gasteiger partial charge in [0.05, 0.1) is 28.8 Å². The van der Waals surface area contributed by atoms with E-state index in [-0.39, 0.29) is 33.6 Å². The van der Waals surface area contributed by atoms with E-state index in [9.17, 15) is 13.2 Å². The number of carbonyl (C=O) groups is 1. The number of amides is 1. The Hall–Kier alpha value is -1.23. The van der Waals surface area contributed by atoms with Gasteiger partial charge in [-0.3, -0.25) is 4.79 Å². The van der Waals surface area contributed by atoms with Gasteiger partial charge in [-0.1, -0.05) is 23.2 Å². The minimum absolute atomic E-state index is 0.0173. The maximum atomic E-state index is 12.9. The maximum absolute atomic E-state index is 12.9. The number of hydrogen-bond acceptors (Lipinski definition) is 5. The summed E-state index contributed by atoms with van der Waals surface area (Å²) in [6.45, 7) is 1.06. The zero-order chi connectivity index (χ0) is 18.9. The molecule has 0 unspecified atom stereocenters.